The summed E-state index contributed by atoms with van der Waals surface area (Å²) in [6.45, 7) is 0.223. The Morgan fingerprint density at radius 2 is 2.17 bits per heavy atom. The van der Waals surface area contributed by atoms with Crippen molar-refractivity contribution in [1.29, 1.82) is 0 Å². The lowest BCUT2D eigenvalue weighted by atomic mass is 10.3. The van der Waals surface area contributed by atoms with Crippen LogP contribution in [0.1, 0.15) is 0 Å². The summed E-state index contributed by atoms with van der Waals surface area (Å²) in [5, 5.41) is 13.1. The number of Topliss-reactive ketones (excluding diaryl/α,β-unsaturated/α-hetero) is 1. The Morgan fingerprint density at radius 1 is 1.58 bits per heavy atom. The first-order chi connectivity index (χ1) is 5.57. The molecule has 1 N–H and O–H groups in total. The molecule has 0 amide bonds. The molecule has 1 unspecified atom stereocenters. The molecule has 6 nitrogen and oxygen atoms in total. The zero-order valence-electron chi connectivity index (χ0n) is 6.97. The fourth-order valence-corrected chi connectivity index (χ4v) is 1.16. The number of nitrogens with zero attached hydrogens (tertiary/aromatic N) is 3. The van der Waals surface area contributed by atoms with Gasteiger partial charge in [0.15, 0.2) is 12.5 Å². The van der Waals surface area contributed by atoms with Gasteiger partial charge in [-0.15, -0.1) is 0 Å². The highest BCUT2D eigenvalue weighted by Gasteiger charge is 2.37. The van der Waals surface area contributed by atoms with E-state index in [1.165, 1.54) is 5.01 Å². The molecule has 6 heteroatoms. The van der Waals surface area contributed by atoms with E-state index in [-0.39, 0.29) is 13.0 Å². The molecule has 1 rings (SSSR count). The van der Waals surface area contributed by atoms with Crippen LogP contribution in [0, 0.1) is 0 Å². The molecular weight excluding hydrogens is 162 g/mol. The van der Waals surface area contributed by atoms with Crippen LogP contribution in [0.5, 0.6) is 0 Å². The number of hydrazine groups is 1. The first kappa shape index (κ1) is 9.27. The third-order valence-electron chi connectivity index (χ3n) is 1.89. The minimum absolute atomic E-state index is 0.212. The van der Waals surface area contributed by atoms with Crippen molar-refractivity contribution in [2.45, 2.75) is 6.17 Å². The van der Waals surface area contributed by atoms with Crippen molar-refractivity contribution < 1.29 is 14.8 Å². The number of carbonyl (C=O) groups is 2. The van der Waals surface area contributed by atoms with Gasteiger partial charge in [0.1, 0.15) is 0 Å². The fraction of sp³-hybridized carbons (Fsp3) is 0.667. The Kier molecular flexibility index (Phi) is 2.53. The lowest BCUT2D eigenvalue weighted by Gasteiger charge is -2.21. The molecule has 0 bridgehead atoms. The largest absolute Gasteiger partial charge is 0.311 e. The van der Waals surface area contributed by atoms with Crippen LogP contribution in [0.4, 0.5) is 0 Å². The molecule has 0 aromatic carbocycles. The topological polar surface area (TPSA) is 64.1 Å². The van der Waals surface area contributed by atoms with Crippen molar-refractivity contribution in [3.8, 4) is 0 Å². The Labute approximate surface area is 69.9 Å². The van der Waals surface area contributed by atoms with Gasteiger partial charge in [-0.1, -0.05) is 0 Å². The Hall–Kier alpha value is -0.820. The second-order valence-corrected chi connectivity index (χ2v) is 2.71. The minimum atomic E-state index is -0.868. The van der Waals surface area contributed by atoms with Gasteiger partial charge in [0.2, 0.25) is 5.78 Å². The van der Waals surface area contributed by atoms with Crippen molar-refractivity contribution >= 4 is 12.1 Å². The molecule has 1 saturated heterocycles. The zero-order chi connectivity index (χ0) is 9.30. The smallest absolute Gasteiger partial charge is 0.230 e. The molecule has 68 valence electrons. The predicted octanol–water partition coefficient (Wildman–Crippen LogP) is -1.48. The second-order valence-electron chi connectivity index (χ2n) is 2.71. The average molecular weight is 173 g/mol. The van der Waals surface area contributed by atoms with Crippen LogP contribution < -0.4 is 0 Å². The summed E-state index contributed by atoms with van der Waals surface area (Å²) in [7, 11) is 3.34. The van der Waals surface area contributed by atoms with Gasteiger partial charge in [0.05, 0.1) is 6.67 Å². The van der Waals surface area contributed by atoms with E-state index in [0.29, 0.717) is 0 Å². The van der Waals surface area contributed by atoms with Gasteiger partial charge in [-0.25, -0.2) is 10.0 Å². The molecular formula is C6H11N3O3. The maximum absolute atomic E-state index is 10.9. The number of rotatable bonds is 2. The summed E-state index contributed by atoms with van der Waals surface area (Å²) in [5.41, 5.74) is 0. The van der Waals surface area contributed by atoms with Gasteiger partial charge in [-0.05, 0) is 0 Å². The third kappa shape index (κ3) is 1.37. The van der Waals surface area contributed by atoms with Crippen molar-refractivity contribution in [2.75, 3.05) is 20.8 Å². The van der Waals surface area contributed by atoms with Gasteiger partial charge in [-0.3, -0.25) is 9.59 Å². The van der Waals surface area contributed by atoms with Gasteiger partial charge < -0.3 is 5.21 Å². The summed E-state index contributed by atoms with van der Waals surface area (Å²) in [4.78, 5) is 21.1. The van der Waals surface area contributed by atoms with E-state index in [0.717, 1.165) is 5.06 Å². The number of likely N-dealkylation sites (N-methyl/N-ethyl adjacent to an activating group) is 1. The second kappa shape index (κ2) is 3.28. The molecule has 1 aliphatic heterocycles. The third-order valence-corrected chi connectivity index (χ3v) is 1.89. The molecule has 12 heavy (non-hydrogen) atoms. The number of hydroxylamine groups is 2. The molecule has 0 spiro atoms. The van der Waals surface area contributed by atoms with E-state index in [1.807, 2.05) is 0 Å². The van der Waals surface area contributed by atoms with E-state index in [1.54, 1.807) is 19.1 Å². The van der Waals surface area contributed by atoms with Gasteiger partial charge in [0.25, 0.3) is 0 Å². The minimum Gasteiger partial charge on any atom is -0.311 e. The molecule has 0 aliphatic carbocycles. The maximum atomic E-state index is 10.9. The quantitative estimate of drug-likeness (QED) is 0.406. The lowest BCUT2D eigenvalue weighted by molar-refractivity contribution is -0.156. The van der Waals surface area contributed by atoms with Crippen LogP contribution in [0.15, 0.2) is 0 Å². The first-order valence-electron chi connectivity index (χ1n) is 3.46. The summed E-state index contributed by atoms with van der Waals surface area (Å²) < 4.78 is 0. The van der Waals surface area contributed by atoms with Crippen LogP contribution in [0.25, 0.3) is 0 Å². The highest BCUT2D eigenvalue weighted by Crippen LogP contribution is 2.12. The zero-order valence-corrected chi connectivity index (χ0v) is 6.97. The van der Waals surface area contributed by atoms with Crippen molar-refractivity contribution in [3.05, 3.63) is 0 Å². The van der Waals surface area contributed by atoms with Gasteiger partial charge in [0, 0.05) is 14.1 Å². The van der Waals surface area contributed by atoms with Gasteiger partial charge >= 0.3 is 0 Å². The molecule has 1 fully saturated rings. The molecule has 1 heterocycles. The molecule has 1 aliphatic rings. The van der Waals surface area contributed by atoms with E-state index >= 15 is 0 Å². The normalized spacial score (nSPS) is 27.8. The van der Waals surface area contributed by atoms with E-state index in [4.69, 9.17) is 0 Å². The first-order valence-corrected chi connectivity index (χ1v) is 3.46. The molecule has 0 aromatic heterocycles. The fourth-order valence-electron chi connectivity index (χ4n) is 1.16. The SMILES string of the molecule is CN1CN(O)C(C(=O)C=O)N1C. The van der Waals surface area contributed by atoms with Crippen LogP contribution in [-0.4, -0.2) is 59.3 Å². The van der Waals surface area contributed by atoms with Crippen LogP contribution in [0.3, 0.4) is 0 Å². The number of hydrogen-bond donors (Lipinski definition) is 1. The summed E-state index contributed by atoms with van der Waals surface area (Å²) in [6.07, 6.45) is -0.656. The Bertz CT molecular complexity index is 208. The van der Waals surface area contributed by atoms with E-state index < -0.39 is 11.9 Å². The monoisotopic (exact) mass is 173 g/mol. The lowest BCUT2D eigenvalue weighted by Crippen LogP contribution is -2.44. The van der Waals surface area contributed by atoms with E-state index in [2.05, 4.69) is 0 Å². The van der Waals surface area contributed by atoms with E-state index in [9.17, 15) is 14.8 Å². The Balaban J connectivity index is 2.75. The molecule has 1 atom stereocenters. The van der Waals surface area contributed by atoms with Gasteiger partial charge in [-0.2, -0.15) is 5.06 Å². The summed E-state index contributed by atoms with van der Waals surface area (Å²) >= 11 is 0. The highest BCUT2D eigenvalue weighted by atomic mass is 16.5. The average Bonchev–Trinajstić information content (AvgIpc) is 2.26. The molecule has 0 radical (unpaired) electrons. The number of ketones is 1. The maximum Gasteiger partial charge on any atom is 0.230 e. The molecule has 0 saturated carbocycles. The summed E-state index contributed by atoms with van der Waals surface area (Å²) in [5.74, 6) is -0.649. The summed E-state index contributed by atoms with van der Waals surface area (Å²) in [6, 6.07) is 0. The van der Waals surface area contributed by atoms with Crippen LogP contribution >= 0.6 is 0 Å². The standard InChI is InChI=1S/C6H11N3O3/c1-7-4-9(12)6(8(7)2)5(11)3-10/h3,6,12H,4H2,1-2H3. The predicted molar refractivity (Wildman–Crippen MR) is 38.9 cm³/mol. The highest BCUT2D eigenvalue weighted by molar-refractivity contribution is 6.27. The van der Waals surface area contributed by atoms with Crippen LogP contribution in [0.2, 0.25) is 0 Å². The van der Waals surface area contributed by atoms with Crippen molar-refractivity contribution in [3.63, 3.8) is 0 Å². The number of aldehydes is 1. The van der Waals surface area contributed by atoms with Crippen LogP contribution in [-0.2, 0) is 9.59 Å². The number of carbonyl (C=O) groups excluding carboxylic acids is 2. The number of hydrogen-bond acceptors (Lipinski definition) is 6. The van der Waals surface area contributed by atoms with Crippen molar-refractivity contribution in [2.24, 2.45) is 0 Å². The Morgan fingerprint density at radius 3 is 2.50 bits per heavy atom. The van der Waals surface area contributed by atoms with Crippen molar-refractivity contribution in [1.82, 2.24) is 15.1 Å². The molecule has 0 aromatic rings.